The molecule has 2 atom stereocenters. The molecule has 0 bridgehead atoms. The van der Waals surface area contributed by atoms with Crippen LogP contribution in [0.4, 0.5) is 9.18 Å². The number of urea groups is 1. The fourth-order valence-electron chi connectivity index (χ4n) is 2.60. The largest absolute Gasteiger partial charge is 0.479 e. The third-order valence-corrected chi connectivity index (χ3v) is 3.96. The van der Waals surface area contributed by atoms with Gasteiger partial charge in [0.25, 0.3) is 0 Å². The number of rotatable bonds is 8. The maximum atomic E-state index is 12.9. The predicted octanol–water partition coefficient (Wildman–Crippen LogP) is 2.04. The lowest BCUT2D eigenvalue weighted by Crippen LogP contribution is -2.51. The van der Waals surface area contributed by atoms with Gasteiger partial charge in [0.2, 0.25) is 0 Å². The first-order valence-electron chi connectivity index (χ1n) is 8.92. The molecule has 0 saturated carbocycles. The van der Waals surface area contributed by atoms with Crippen LogP contribution in [-0.4, -0.2) is 43.3 Å². The highest BCUT2D eigenvalue weighted by Gasteiger charge is 2.32. The summed E-state index contributed by atoms with van der Waals surface area (Å²) in [7, 11) is 0. The Morgan fingerprint density at radius 2 is 1.86 bits per heavy atom. The average Bonchev–Trinajstić information content (AvgIpc) is 2.67. The van der Waals surface area contributed by atoms with Crippen LogP contribution in [-0.2, 0) is 19.1 Å². The molecule has 1 aliphatic rings. The molecule has 0 aliphatic carbocycles. The minimum atomic E-state index is -0.975. The molecule has 0 saturated heterocycles. The summed E-state index contributed by atoms with van der Waals surface area (Å²) < 4.78 is 28.6. The van der Waals surface area contributed by atoms with Crippen molar-refractivity contribution in [3.63, 3.8) is 0 Å². The fraction of sp³-hybridized carbons (Fsp3) is 0.421. The molecule has 9 heteroatoms. The highest BCUT2D eigenvalue weighted by atomic mass is 19.1. The topological polar surface area (TPSA) is 103 Å². The van der Waals surface area contributed by atoms with Crippen LogP contribution in [0.5, 0.6) is 5.75 Å². The van der Waals surface area contributed by atoms with E-state index in [9.17, 15) is 18.8 Å². The fourth-order valence-corrected chi connectivity index (χ4v) is 2.60. The van der Waals surface area contributed by atoms with Gasteiger partial charge in [0.1, 0.15) is 18.2 Å². The Hall–Kier alpha value is -3.10. The number of esters is 2. The van der Waals surface area contributed by atoms with Crippen LogP contribution in [0.2, 0.25) is 0 Å². The van der Waals surface area contributed by atoms with Crippen LogP contribution in [0, 0.1) is 5.82 Å². The smallest absolute Gasteiger partial charge is 0.347 e. The number of carbonyl (C=O) groups is 3. The first-order chi connectivity index (χ1) is 13.3. The van der Waals surface area contributed by atoms with E-state index in [0.29, 0.717) is 12.2 Å². The van der Waals surface area contributed by atoms with Gasteiger partial charge < -0.3 is 24.8 Å². The summed E-state index contributed by atoms with van der Waals surface area (Å²) in [5.74, 6) is -1.42. The summed E-state index contributed by atoms with van der Waals surface area (Å²) in [5.41, 5.74) is 0.375. The minimum absolute atomic E-state index is 0.163. The highest BCUT2D eigenvalue weighted by Crippen LogP contribution is 2.18. The Morgan fingerprint density at radius 3 is 2.46 bits per heavy atom. The Bertz CT molecular complexity index is 762. The maximum Gasteiger partial charge on any atom is 0.347 e. The van der Waals surface area contributed by atoms with Gasteiger partial charge >= 0.3 is 18.0 Å². The Kier molecular flexibility index (Phi) is 7.36. The van der Waals surface area contributed by atoms with E-state index in [1.807, 2.05) is 0 Å². The highest BCUT2D eigenvalue weighted by molar-refractivity contribution is 5.95. The zero-order valence-corrected chi connectivity index (χ0v) is 15.9. The second kappa shape index (κ2) is 9.72. The van der Waals surface area contributed by atoms with Gasteiger partial charge in [0, 0.05) is 0 Å². The molecule has 2 rings (SSSR count). The molecule has 0 fully saturated rings. The van der Waals surface area contributed by atoms with Gasteiger partial charge in [-0.3, -0.25) is 0 Å². The monoisotopic (exact) mass is 394 g/mol. The Morgan fingerprint density at radius 1 is 1.18 bits per heavy atom. The third kappa shape index (κ3) is 5.45. The van der Waals surface area contributed by atoms with Crippen molar-refractivity contribution in [2.24, 2.45) is 0 Å². The lowest BCUT2D eigenvalue weighted by atomic mass is 10.0. The molecule has 0 radical (unpaired) electrons. The number of amides is 2. The zero-order chi connectivity index (χ0) is 20.7. The Balaban J connectivity index is 2.07. The van der Waals surface area contributed by atoms with Gasteiger partial charge in [-0.2, -0.15) is 0 Å². The minimum Gasteiger partial charge on any atom is -0.479 e. The van der Waals surface area contributed by atoms with E-state index in [1.165, 1.54) is 31.2 Å². The van der Waals surface area contributed by atoms with E-state index < -0.39 is 35.9 Å². The van der Waals surface area contributed by atoms with Gasteiger partial charge in [-0.05, 0) is 44.5 Å². The van der Waals surface area contributed by atoms with Crippen molar-refractivity contribution in [2.45, 2.75) is 39.3 Å². The molecule has 152 valence electrons. The molecule has 1 heterocycles. The van der Waals surface area contributed by atoms with Crippen molar-refractivity contribution < 1.29 is 33.0 Å². The average molecular weight is 394 g/mol. The van der Waals surface area contributed by atoms with Crippen LogP contribution in [0.15, 0.2) is 35.5 Å². The quantitative estimate of drug-likeness (QED) is 0.654. The van der Waals surface area contributed by atoms with Crippen LogP contribution in [0.25, 0.3) is 0 Å². The normalized spacial score (nSPS) is 17.3. The van der Waals surface area contributed by atoms with Crippen LogP contribution < -0.4 is 15.4 Å². The van der Waals surface area contributed by atoms with Crippen LogP contribution in [0.1, 0.15) is 27.2 Å². The lowest BCUT2D eigenvalue weighted by Gasteiger charge is -2.28. The van der Waals surface area contributed by atoms with E-state index >= 15 is 0 Å². The van der Waals surface area contributed by atoms with E-state index in [-0.39, 0.29) is 24.5 Å². The van der Waals surface area contributed by atoms with E-state index in [4.69, 9.17) is 14.2 Å². The van der Waals surface area contributed by atoms with Crippen molar-refractivity contribution in [1.82, 2.24) is 10.6 Å². The van der Waals surface area contributed by atoms with E-state index in [0.717, 1.165) is 0 Å². The second-order valence-corrected chi connectivity index (χ2v) is 5.99. The first-order valence-corrected chi connectivity index (χ1v) is 8.92. The second-order valence-electron chi connectivity index (χ2n) is 5.99. The van der Waals surface area contributed by atoms with Crippen molar-refractivity contribution in [3.8, 4) is 5.75 Å². The molecule has 2 N–H and O–H groups in total. The summed E-state index contributed by atoms with van der Waals surface area (Å²) in [6.07, 6.45) is -0.514. The molecule has 28 heavy (non-hydrogen) atoms. The van der Waals surface area contributed by atoms with Crippen molar-refractivity contribution in [3.05, 3.63) is 41.4 Å². The molecule has 0 spiro atoms. The van der Waals surface area contributed by atoms with Gasteiger partial charge in [-0.15, -0.1) is 0 Å². The molecular weight excluding hydrogens is 371 g/mol. The zero-order valence-electron chi connectivity index (χ0n) is 15.9. The number of hydrogen-bond acceptors (Lipinski definition) is 6. The number of hydrogen-bond donors (Lipinski definition) is 2. The number of carbonyl (C=O) groups excluding carboxylic acids is 3. The summed E-state index contributed by atoms with van der Waals surface area (Å²) in [6, 6.07) is 4.15. The van der Waals surface area contributed by atoms with Crippen LogP contribution >= 0.6 is 0 Å². The molecule has 1 aromatic rings. The summed E-state index contributed by atoms with van der Waals surface area (Å²) >= 11 is 0. The van der Waals surface area contributed by atoms with Crippen molar-refractivity contribution in [2.75, 3.05) is 13.2 Å². The molecule has 0 aromatic heterocycles. The third-order valence-electron chi connectivity index (χ3n) is 3.96. The van der Waals surface area contributed by atoms with E-state index in [1.54, 1.807) is 13.8 Å². The van der Waals surface area contributed by atoms with Crippen molar-refractivity contribution in [1.29, 1.82) is 0 Å². The number of nitrogens with one attached hydrogen (secondary N) is 2. The predicted molar refractivity (Wildman–Crippen MR) is 96.9 cm³/mol. The maximum absolute atomic E-state index is 12.9. The SMILES string of the molecule is CCOC(=O)C1=C(COC(=O)[C@@H](C)Oc2ccc(F)cc2)NC(=O)N[C@@H]1CC. The van der Waals surface area contributed by atoms with E-state index in [2.05, 4.69) is 10.6 Å². The molecule has 2 amide bonds. The standard InChI is InChI=1S/C19H23FN2O6/c1-4-14-16(18(24)26-5-2)15(22-19(25)21-14)10-27-17(23)11(3)28-13-8-6-12(20)7-9-13/h6-9,11,14H,4-5,10H2,1-3H3,(H2,21,22,25)/t11-,14-/m1/s1. The lowest BCUT2D eigenvalue weighted by molar-refractivity contribution is -0.150. The van der Waals surface area contributed by atoms with Gasteiger partial charge in [-0.25, -0.2) is 18.8 Å². The molecule has 1 aromatic carbocycles. The van der Waals surface area contributed by atoms with Gasteiger partial charge in [0.15, 0.2) is 6.10 Å². The van der Waals surface area contributed by atoms with Crippen molar-refractivity contribution >= 4 is 18.0 Å². The first kappa shape index (κ1) is 21.2. The number of benzene rings is 1. The van der Waals surface area contributed by atoms with Crippen LogP contribution in [0.3, 0.4) is 0 Å². The molecule has 1 aliphatic heterocycles. The van der Waals surface area contributed by atoms with Gasteiger partial charge in [0.05, 0.1) is 23.9 Å². The molecular formula is C19H23FN2O6. The number of halogens is 1. The summed E-state index contributed by atoms with van der Waals surface area (Å²) in [5, 5.41) is 5.12. The number of ether oxygens (including phenoxy) is 3. The molecule has 0 unspecified atom stereocenters. The summed E-state index contributed by atoms with van der Waals surface area (Å²) in [6.45, 7) is 4.79. The summed E-state index contributed by atoms with van der Waals surface area (Å²) in [4.78, 5) is 36.3. The Labute approximate surface area is 162 Å². The van der Waals surface area contributed by atoms with Gasteiger partial charge in [-0.1, -0.05) is 6.92 Å². The molecule has 8 nitrogen and oxygen atoms in total.